The van der Waals surface area contributed by atoms with Gasteiger partial charge in [-0.25, -0.2) is 19.1 Å². The van der Waals surface area contributed by atoms with E-state index in [-0.39, 0.29) is 54.5 Å². The van der Waals surface area contributed by atoms with Crippen molar-refractivity contribution in [2.45, 2.75) is 83.3 Å². The van der Waals surface area contributed by atoms with Gasteiger partial charge in [0.25, 0.3) is 0 Å². The van der Waals surface area contributed by atoms with E-state index in [1.54, 1.807) is 0 Å². The Hall–Kier alpha value is -1.21. The van der Waals surface area contributed by atoms with Crippen molar-refractivity contribution in [3.8, 4) is 0 Å². The molecule has 0 amide bonds. The van der Waals surface area contributed by atoms with Crippen LogP contribution in [0.25, 0.3) is 0 Å². The van der Waals surface area contributed by atoms with E-state index in [0.29, 0.717) is 18.8 Å². The SMILES string of the molecule is C=C=C[C@]12CC[C@]3(C)[C@@H](C(=C)[CH2-])CC[C@@]3(C=C=C)[C@@H]1CC[C@@]1(C=C)C[C@@](O)(C(F)(F)OC)CC[C@@]12C.[Rh]. The summed E-state index contributed by atoms with van der Waals surface area (Å²) in [6.45, 7) is 25.3. The third kappa shape index (κ3) is 3.54. The standard InChI is InChI=1S/C32H43F2O2.Rh/c1-9-14-29-17-12-24(23(4)5)26(29,6)18-20-30(15-10-2)25(29)13-16-28(11-3)22-31(35,32(33,34)36-8)21-19-27(28,30)7;/h11,14-15,24-25,35H,1-5,12-13,16-22H2,6-8H3;/q-1;/t24-,25+,26-,27+,28+,29+,30+,31-;/m1./s1. The number of allylic oxidation sites excluding steroid dienone is 4. The second-order valence-corrected chi connectivity index (χ2v) is 12.7. The molecule has 1 N–H and O–H groups in total. The van der Waals surface area contributed by atoms with Crippen LogP contribution in [-0.2, 0) is 24.2 Å². The molecule has 5 heteroatoms. The number of aliphatic hydroxyl groups is 1. The quantitative estimate of drug-likeness (QED) is 0.145. The Morgan fingerprint density at radius 1 is 1.03 bits per heavy atom. The van der Waals surface area contributed by atoms with Gasteiger partial charge in [-0.2, -0.15) is 8.78 Å². The molecule has 0 spiro atoms. The molecule has 0 bridgehead atoms. The van der Waals surface area contributed by atoms with Gasteiger partial charge in [-0.15, -0.1) is 18.0 Å². The second kappa shape index (κ2) is 9.46. The number of alkyl halides is 2. The molecule has 0 aliphatic heterocycles. The molecule has 8 atom stereocenters. The normalized spacial score (nSPS) is 46.5. The Kier molecular flexibility index (Phi) is 7.76. The Morgan fingerprint density at radius 2 is 1.65 bits per heavy atom. The fourth-order valence-corrected chi connectivity index (χ4v) is 10.1. The molecule has 207 valence electrons. The second-order valence-electron chi connectivity index (χ2n) is 12.7. The molecular formula is C32H43F2O2Rh-. The first-order valence-electron chi connectivity index (χ1n) is 13.3. The van der Waals surface area contributed by atoms with E-state index in [9.17, 15) is 13.9 Å². The fraction of sp³-hybridized carbons (Fsp3) is 0.656. The summed E-state index contributed by atoms with van der Waals surface area (Å²) in [6, 6.07) is 0. The molecule has 4 fully saturated rings. The molecular weight excluding hydrogens is 557 g/mol. The molecule has 4 aliphatic rings. The molecule has 4 saturated carbocycles. The van der Waals surface area contributed by atoms with Crippen molar-refractivity contribution in [2.24, 2.45) is 38.9 Å². The molecule has 0 aromatic rings. The zero-order valence-corrected chi connectivity index (χ0v) is 24.4. The summed E-state index contributed by atoms with van der Waals surface area (Å²) in [5, 5.41) is 11.3. The summed E-state index contributed by atoms with van der Waals surface area (Å²) < 4.78 is 34.4. The molecule has 0 aromatic heterocycles. The van der Waals surface area contributed by atoms with Crippen LogP contribution in [0.2, 0.25) is 0 Å². The van der Waals surface area contributed by atoms with Crippen LogP contribution in [0.1, 0.15) is 71.6 Å². The minimum Gasteiger partial charge on any atom is -0.381 e. The Bertz CT molecular complexity index is 1060. The van der Waals surface area contributed by atoms with E-state index < -0.39 is 22.5 Å². The van der Waals surface area contributed by atoms with Crippen LogP contribution >= 0.6 is 0 Å². The van der Waals surface area contributed by atoms with Crippen molar-refractivity contribution in [3.05, 3.63) is 68.5 Å². The van der Waals surface area contributed by atoms with Gasteiger partial charge >= 0.3 is 6.11 Å². The van der Waals surface area contributed by atoms with E-state index in [2.05, 4.69) is 75.4 Å². The minimum absolute atomic E-state index is 0. The third-order valence-electron chi connectivity index (χ3n) is 12.0. The number of halogens is 2. The van der Waals surface area contributed by atoms with Crippen LogP contribution < -0.4 is 0 Å². The predicted octanol–water partition coefficient (Wildman–Crippen LogP) is 7.98. The molecule has 1 radical (unpaired) electrons. The largest absolute Gasteiger partial charge is 0.384 e. The van der Waals surface area contributed by atoms with Crippen molar-refractivity contribution in [1.29, 1.82) is 0 Å². The van der Waals surface area contributed by atoms with Crippen molar-refractivity contribution < 1.29 is 38.1 Å². The molecule has 37 heavy (non-hydrogen) atoms. The number of hydrogen-bond acceptors (Lipinski definition) is 2. The number of fused-ring (bicyclic) bond motifs is 5. The summed E-state index contributed by atoms with van der Waals surface area (Å²) in [4.78, 5) is 0. The number of methoxy groups -OCH3 is 1. The zero-order chi connectivity index (χ0) is 26.8. The van der Waals surface area contributed by atoms with E-state index in [0.717, 1.165) is 44.8 Å². The molecule has 2 nitrogen and oxygen atoms in total. The Morgan fingerprint density at radius 3 is 2.19 bits per heavy atom. The summed E-state index contributed by atoms with van der Waals surface area (Å²) in [5.74, 6) is 0.535. The summed E-state index contributed by atoms with van der Waals surface area (Å²) in [5.41, 5.74) is 3.39. The summed E-state index contributed by atoms with van der Waals surface area (Å²) in [7, 11) is 0.964. The van der Waals surface area contributed by atoms with Gasteiger partial charge in [-0.3, -0.25) is 0 Å². The maximum Gasteiger partial charge on any atom is 0.384 e. The summed E-state index contributed by atoms with van der Waals surface area (Å²) in [6.07, 6.45) is 8.23. The van der Waals surface area contributed by atoms with Crippen LogP contribution in [0.3, 0.4) is 0 Å². The number of rotatable bonds is 6. The topological polar surface area (TPSA) is 29.5 Å². The van der Waals surface area contributed by atoms with Crippen LogP contribution in [0.5, 0.6) is 0 Å². The third-order valence-corrected chi connectivity index (χ3v) is 12.0. The van der Waals surface area contributed by atoms with E-state index >= 15 is 0 Å². The van der Waals surface area contributed by atoms with Crippen LogP contribution in [0.4, 0.5) is 8.78 Å². The van der Waals surface area contributed by atoms with Crippen LogP contribution in [0.15, 0.2) is 61.6 Å². The predicted molar refractivity (Wildman–Crippen MR) is 141 cm³/mol. The first-order valence-corrected chi connectivity index (χ1v) is 13.3. The van der Waals surface area contributed by atoms with Crippen LogP contribution in [0, 0.1) is 45.8 Å². The van der Waals surface area contributed by atoms with Gasteiger partial charge in [0.05, 0.1) is 0 Å². The maximum absolute atomic E-state index is 14.9. The van der Waals surface area contributed by atoms with Gasteiger partial charge in [0, 0.05) is 37.4 Å². The van der Waals surface area contributed by atoms with Crippen molar-refractivity contribution in [1.82, 2.24) is 0 Å². The summed E-state index contributed by atoms with van der Waals surface area (Å²) >= 11 is 0. The molecule has 0 saturated heterocycles. The Labute approximate surface area is 235 Å². The smallest absolute Gasteiger partial charge is 0.381 e. The number of ether oxygens (including phenoxy) is 1. The first-order chi connectivity index (χ1) is 16.7. The molecule has 0 heterocycles. The van der Waals surface area contributed by atoms with Gasteiger partial charge in [0.1, 0.15) is 0 Å². The van der Waals surface area contributed by atoms with Crippen LogP contribution in [-0.4, -0.2) is 23.9 Å². The average molecular weight is 601 g/mol. The van der Waals surface area contributed by atoms with Gasteiger partial charge in [0.2, 0.25) is 0 Å². The average Bonchev–Trinajstić information content (AvgIpc) is 3.13. The van der Waals surface area contributed by atoms with Gasteiger partial charge in [-0.1, -0.05) is 33.1 Å². The molecule has 4 rings (SSSR count). The van der Waals surface area contributed by atoms with Gasteiger partial charge in [0.15, 0.2) is 5.60 Å². The van der Waals surface area contributed by atoms with E-state index in [4.69, 9.17) is 0 Å². The molecule has 0 aromatic carbocycles. The fourth-order valence-electron chi connectivity index (χ4n) is 10.1. The number of hydrogen-bond donors (Lipinski definition) is 1. The minimum atomic E-state index is -3.63. The Balaban J connectivity index is 0.00000380. The molecule has 4 aliphatic carbocycles. The van der Waals surface area contributed by atoms with Crippen molar-refractivity contribution >= 4 is 0 Å². The first kappa shape index (κ1) is 30.3. The van der Waals surface area contributed by atoms with Crippen molar-refractivity contribution in [2.75, 3.05) is 7.11 Å². The monoisotopic (exact) mass is 600 g/mol. The zero-order valence-electron chi connectivity index (χ0n) is 22.7. The van der Waals surface area contributed by atoms with E-state index in [1.165, 1.54) is 0 Å². The van der Waals surface area contributed by atoms with Crippen molar-refractivity contribution in [3.63, 3.8) is 0 Å². The van der Waals surface area contributed by atoms with Gasteiger partial charge in [-0.05, 0) is 98.0 Å². The maximum atomic E-state index is 14.9. The molecule has 0 unspecified atom stereocenters. The van der Waals surface area contributed by atoms with Gasteiger partial charge < -0.3 is 9.84 Å². The van der Waals surface area contributed by atoms with E-state index in [1.807, 2.05) is 6.08 Å².